The fourth-order valence-corrected chi connectivity index (χ4v) is 2.54. The standard InChI is InChI=1S/C17H19FN2O/c1-13-3-2-4-15(17(13)18)16-6-5-14(11-19-16)12-20-7-9-21-10-8-20/h2-6,11H,7-10,12H2,1H3. The third kappa shape index (κ3) is 3.28. The van der Waals surface area contributed by atoms with Gasteiger partial charge in [-0.1, -0.05) is 18.2 Å². The van der Waals surface area contributed by atoms with Crippen molar-refractivity contribution >= 4 is 0 Å². The second-order valence-electron chi connectivity index (χ2n) is 5.38. The smallest absolute Gasteiger partial charge is 0.135 e. The molecule has 2 aromatic rings. The van der Waals surface area contributed by atoms with Gasteiger partial charge in [-0.2, -0.15) is 0 Å². The minimum Gasteiger partial charge on any atom is -0.379 e. The van der Waals surface area contributed by atoms with E-state index in [9.17, 15) is 4.39 Å². The number of pyridine rings is 1. The molecule has 0 saturated carbocycles. The van der Waals surface area contributed by atoms with E-state index in [0.29, 0.717) is 16.8 Å². The quantitative estimate of drug-likeness (QED) is 0.867. The second kappa shape index (κ2) is 6.33. The normalized spacial score (nSPS) is 16.1. The molecule has 0 radical (unpaired) electrons. The molecule has 0 atom stereocenters. The van der Waals surface area contributed by atoms with Crippen molar-refractivity contribution in [3.63, 3.8) is 0 Å². The van der Waals surface area contributed by atoms with E-state index in [0.717, 1.165) is 38.4 Å². The van der Waals surface area contributed by atoms with Gasteiger partial charge in [0.2, 0.25) is 0 Å². The van der Waals surface area contributed by atoms with Crippen LogP contribution in [0.1, 0.15) is 11.1 Å². The lowest BCUT2D eigenvalue weighted by atomic mass is 10.1. The molecule has 0 spiro atoms. The summed E-state index contributed by atoms with van der Waals surface area (Å²) in [4.78, 5) is 6.76. The van der Waals surface area contributed by atoms with Gasteiger partial charge < -0.3 is 4.74 Å². The van der Waals surface area contributed by atoms with Crippen molar-refractivity contribution in [2.75, 3.05) is 26.3 Å². The van der Waals surface area contributed by atoms with E-state index in [1.54, 1.807) is 19.1 Å². The van der Waals surface area contributed by atoms with Crippen molar-refractivity contribution in [2.45, 2.75) is 13.5 Å². The number of benzene rings is 1. The topological polar surface area (TPSA) is 25.4 Å². The van der Waals surface area contributed by atoms with Crippen LogP contribution in [0, 0.1) is 12.7 Å². The van der Waals surface area contributed by atoms with Crippen molar-refractivity contribution < 1.29 is 9.13 Å². The van der Waals surface area contributed by atoms with Crippen LogP contribution in [0.5, 0.6) is 0 Å². The average Bonchev–Trinajstić information content (AvgIpc) is 2.52. The third-order valence-electron chi connectivity index (χ3n) is 3.80. The number of hydrogen-bond acceptors (Lipinski definition) is 3. The summed E-state index contributed by atoms with van der Waals surface area (Å²) in [7, 11) is 0. The number of aromatic nitrogens is 1. The molecule has 1 aromatic carbocycles. The van der Waals surface area contributed by atoms with Gasteiger partial charge in [0.05, 0.1) is 18.9 Å². The van der Waals surface area contributed by atoms with Crippen LogP contribution in [-0.2, 0) is 11.3 Å². The van der Waals surface area contributed by atoms with Gasteiger partial charge in [0.25, 0.3) is 0 Å². The summed E-state index contributed by atoms with van der Waals surface area (Å²) in [5.74, 6) is -0.189. The van der Waals surface area contributed by atoms with Crippen molar-refractivity contribution in [2.24, 2.45) is 0 Å². The van der Waals surface area contributed by atoms with Crippen LogP contribution in [0.4, 0.5) is 4.39 Å². The molecule has 0 N–H and O–H groups in total. The lowest BCUT2D eigenvalue weighted by Crippen LogP contribution is -2.35. The summed E-state index contributed by atoms with van der Waals surface area (Å²) in [6.07, 6.45) is 1.84. The molecule has 1 aromatic heterocycles. The number of morpholine rings is 1. The summed E-state index contributed by atoms with van der Waals surface area (Å²) in [6, 6.07) is 9.32. The van der Waals surface area contributed by atoms with E-state index in [1.165, 1.54) is 0 Å². The van der Waals surface area contributed by atoms with E-state index in [4.69, 9.17) is 4.74 Å². The molecule has 0 bridgehead atoms. The molecule has 1 fully saturated rings. The van der Waals surface area contributed by atoms with Crippen molar-refractivity contribution in [3.8, 4) is 11.3 Å². The molecule has 0 amide bonds. The van der Waals surface area contributed by atoms with E-state index in [2.05, 4.69) is 9.88 Å². The Labute approximate surface area is 124 Å². The summed E-state index contributed by atoms with van der Waals surface area (Å²) in [5.41, 5.74) is 3.04. The van der Waals surface area contributed by atoms with Crippen LogP contribution in [0.3, 0.4) is 0 Å². The number of hydrogen-bond donors (Lipinski definition) is 0. The van der Waals surface area contributed by atoms with Gasteiger partial charge in [-0.15, -0.1) is 0 Å². The van der Waals surface area contributed by atoms with Gasteiger partial charge in [0.15, 0.2) is 0 Å². The first-order valence-electron chi connectivity index (χ1n) is 7.24. The highest BCUT2D eigenvalue weighted by Crippen LogP contribution is 2.23. The monoisotopic (exact) mass is 286 g/mol. The predicted octanol–water partition coefficient (Wildman–Crippen LogP) is 3.03. The first-order valence-corrected chi connectivity index (χ1v) is 7.24. The van der Waals surface area contributed by atoms with Crippen LogP contribution in [0.25, 0.3) is 11.3 Å². The zero-order chi connectivity index (χ0) is 14.7. The summed E-state index contributed by atoms with van der Waals surface area (Å²) in [6.45, 7) is 6.13. The number of rotatable bonds is 3. The van der Waals surface area contributed by atoms with Gasteiger partial charge in [-0.05, 0) is 30.2 Å². The maximum Gasteiger partial charge on any atom is 0.135 e. The SMILES string of the molecule is Cc1cccc(-c2ccc(CN3CCOCC3)cn2)c1F. The Bertz CT molecular complexity index is 607. The molecule has 110 valence electrons. The number of halogens is 1. The van der Waals surface area contributed by atoms with E-state index in [-0.39, 0.29) is 5.82 Å². The van der Waals surface area contributed by atoms with Crippen LogP contribution < -0.4 is 0 Å². The molecular formula is C17H19FN2O. The fraction of sp³-hybridized carbons (Fsp3) is 0.353. The molecule has 21 heavy (non-hydrogen) atoms. The van der Waals surface area contributed by atoms with Gasteiger partial charge in [0, 0.05) is 31.4 Å². The first-order chi connectivity index (χ1) is 10.2. The summed E-state index contributed by atoms with van der Waals surface area (Å²) >= 11 is 0. The Morgan fingerprint density at radius 1 is 1.19 bits per heavy atom. The number of ether oxygens (including phenoxy) is 1. The Kier molecular flexibility index (Phi) is 4.27. The maximum atomic E-state index is 14.1. The fourth-order valence-electron chi connectivity index (χ4n) is 2.54. The molecule has 3 nitrogen and oxygen atoms in total. The lowest BCUT2D eigenvalue weighted by Gasteiger charge is -2.26. The predicted molar refractivity (Wildman–Crippen MR) is 80.5 cm³/mol. The zero-order valence-electron chi connectivity index (χ0n) is 12.2. The molecule has 1 saturated heterocycles. The number of aryl methyl sites for hydroxylation is 1. The van der Waals surface area contributed by atoms with Crippen LogP contribution >= 0.6 is 0 Å². The Balaban J connectivity index is 1.75. The molecule has 0 unspecified atom stereocenters. The van der Waals surface area contributed by atoms with E-state index in [1.807, 2.05) is 24.4 Å². The lowest BCUT2D eigenvalue weighted by molar-refractivity contribution is 0.0341. The van der Waals surface area contributed by atoms with Gasteiger partial charge >= 0.3 is 0 Å². The van der Waals surface area contributed by atoms with E-state index < -0.39 is 0 Å². The van der Waals surface area contributed by atoms with Gasteiger partial charge in [0.1, 0.15) is 5.82 Å². The minimum absolute atomic E-state index is 0.189. The summed E-state index contributed by atoms with van der Waals surface area (Å²) < 4.78 is 19.4. The second-order valence-corrected chi connectivity index (χ2v) is 5.38. The molecule has 0 aliphatic carbocycles. The molecular weight excluding hydrogens is 267 g/mol. The van der Waals surface area contributed by atoms with Crippen molar-refractivity contribution in [1.82, 2.24) is 9.88 Å². The van der Waals surface area contributed by atoms with Crippen molar-refractivity contribution in [3.05, 3.63) is 53.5 Å². The third-order valence-corrected chi connectivity index (χ3v) is 3.80. The van der Waals surface area contributed by atoms with Crippen molar-refractivity contribution in [1.29, 1.82) is 0 Å². The zero-order valence-corrected chi connectivity index (χ0v) is 12.2. The molecule has 1 aliphatic heterocycles. The average molecular weight is 286 g/mol. The molecule has 2 heterocycles. The van der Waals surface area contributed by atoms with Gasteiger partial charge in [-0.25, -0.2) is 4.39 Å². The largest absolute Gasteiger partial charge is 0.379 e. The van der Waals surface area contributed by atoms with Crippen LogP contribution in [0.2, 0.25) is 0 Å². The molecule has 1 aliphatic rings. The maximum absolute atomic E-state index is 14.1. The molecule has 3 rings (SSSR count). The Morgan fingerprint density at radius 3 is 2.71 bits per heavy atom. The minimum atomic E-state index is -0.189. The summed E-state index contributed by atoms with van der Waals surface area (Å²) in [5, 5.41) is 0. The molecule has 4 heteroatoms. The van der Waals surface area contributed by atoms with Gasteiger partial charge in [-0.3, -0.25) is 9.88 Å². The number of nitrogens with zero attached hydrogens (tertiary/aromatic N) is 2. The van der Waals surface area contributed by atoms with Crippen LogP contribution in [0.15, 0.2) is 36.5 Å². The highest BCUT2D eigenvalue weighted by atomic mass is 19.1. The van der Waals surface area contributed by atoms with Crippen LogP contribution in [-0.4, -0.2) is 36.2 Å². The van der Waals surface area contributed by atoms with E-state index >= 15 is 0 Å². The Hall–Kier alpha value is -1.78. The highest BCUT2D eigenvalue weighted by molar-refractivity contribution is 5.61. The first kappa shape index (κ1) is 14.2. The highest BCUT2D eigenvalue weighted by Gasteiger charge is 2.12. The Morgan fingerprint density at radius 2 is 2.00 bits per heavy atom.